The summed E-state index contributed by atoms with van der Waals surface area (Å²) >= 11 is 3.26. The van der Waals surface area contributed by atoms with E-state index in [1.165, 1.54) is 6.20 Å². The van der Waals surface area contributed by atoms with Crippen molar-refractivity contribution >= 4 is 28.2 Å². The average Bonchev–Trinajstić information content (AvgIpc) is 2.50. The maximum absolute atomic E-state index is 11.5. The molecule has 6 heteroatoms. The Labute approximate surface area is 130 Å². The molecule has 0 bridgehead atoms. The van der Waals surface area contributed by atoms with Crippen molar-refractivity contribution in [2.75, 3.05) is 6.61 Å². The number of hydrogen-bond acceptors (Lipinski definition) is 5. The van der Waals surface area contributed by atoms with E-state index in [4.69, 9.17) is 9.47 Å². The normalized spacial score (nSPS) is 10.0. The van der Waals surface area contributed by atoms with E-state index < -0.39 is 5.97 Å². The molecule has 1 heterocycles. The van der Waals surface area contributed by atoms with Crippen LogP contribution in [0.25, 0.3) is 0 Å². The number of hydrogen-bond donors (Lipinski definition) is 0. The Hall–Kier alpha value is -2.21. The third-order valence-electron chi connectivity index (χ3n) is 2.56. The van der Waals surface area contributed by atoms with Gasteiger partial charge in [0.1, 0.15) is 5.75 Å². The number of rotatable bonds is 5. The Kier molecular flexibility index (Phi) is 5.05. The summed E-state index contributed by atoms with van der Waals surface area (Å²) in [6.45, 7) is 2.05. The fourth-order valence-electron chi connectivity index (χ4n) is 1.57. The first-order chi connectivity index (χ1) is 10.1. The van der Waals surface area contributed by atoms with Gasteiger partial charge in [0.25, 0.3) is 0 Å². The molecule has 0 atom stereocenters. The first-order valence-corrected chi connectivity index (χ1v) is 6.99. The second kappa shape index (κ2) is 6.99. The number of pyridine rings is 1. The van der Waals surface area contributed by atoms with Crippen LogP contribution in [0, 0.1) is 0 Å². The van der Waals surface area contributed by atoms with E-state index in [-0.39, 0.29) is 0 Å². The molecule has 108 valence electrons. The topological polar surface area (TPSA) is 65.5 Å². The summed E-state index contributed by atoms with van der Waals surface area (Å²) in [7, 11) is 0. The summed E-state index contributed by atoms with van der Waals surface area (Å²) < 4.78 is 11.1. The van der Waals surface area contributed by atoms with Gasteiger partial charge in [-0.05, 0) is 31.2 Å². The Morgan fingerprint density at radius 1 is 1.33 bits per heavy atom. The molecule has 21 heavy (non-hydrogen) atoms. The van der Waals surface area contributed by atoms with Crippen molar-refractivity contribution in [1.29, 1.82) is 0 Å². The van der Waals surface area contributed by atoms with Crippen LogP contribution in [0.1, 0.15) is 27.6 Å². The highest BCUT2D eigenvalue weighted by Gasteiger charge is 2.08. The predicted molar refractivity (Wildman–Crippen MR) is 79.8 cm³/mol. The molecule has 0 saturated carbocycles. The third-order valence-corrected chi connectivity index (χ3v) is 3.29. The maximum atomic E-state index is 11.5. The van der Waals surface area contributed by atoms with Crippen molar-refractivity contribution < 1.29 is 19.1 Å². The zero-order valence-electron chi connectivity index (χ0n) is 11.2. The van der Waals surface area contributed by atoms with E-state index >= 15 is 0 Å². The second-order valence-electron chi connectivity index (χ2n) is 4.01. The van der Waals surface area contributed by atoms with Crippen LogP contribution in [-0.4, -0.2) is 23.8 Å². The predicted octanol–water partition coefficient (Wildman–Crippen LogP) is 3.63. The van der Waals surface area contributed by atoms with Gasteiger partial charge >= 0.3 is 5.97 Å². The van der Waals surface area contributed by atoms with Gasteiger partial charge in [0, 0.05) is 22.3 Å². The van der Waals surface area contributed by atoms with Gasteiger partial charge in [0.05, 0.1) is 12.2 Å². The first-order valence-electron chi connectivity index (χ1n) is 6.19. The smallest absolute Gasteiger partial charge is 0.339 e. The summed E-state index contributed by atoms with van der Waals surface area (Å²) in [5, 5.41) is 0. The average molecular weight is 350 g/mol. The standard InChI is InChI=1S/C15H12BrNO4/c1-2-20-15(19)10-3-6-14(17-8-10)21-12-4-5-13(16)11(7-12)9-18/h3-9H,2H2,1H3. The number of aromatic nitrogens is 1. The van der Waals surface area contributed by atoms with Crippen molar-refractivity contribution in [2.24, 2.45) is 0 Å². The van der Waals surface area contributed by atoms with Crippen LogP contribution in [0.15, 0.2) is 41.0 Å². The molecule has 0 aliphatic heterocycles. The Bertz CT molecular complexity index is 655. The fourth-order valence-corrected chi connectivity index (χ4v) is 1.91. The molecular formula is C15H12BrNO4. The van der Waals surface area contributed by atoms with E-state index in [0.717, 1.165) is 6.29 Å². The fraction of sp³-hybridized carbons (Fsp3) is 0.133. The van der Waals surface area contributed by atoms with Crippen molar-refractivity contribution in [3.05, 3.63) is 52.1 Å². The summed E-state index contributed by atoms with van der Waals surface area (Å²) in [5.41, 5.74) is 0.837. The van der Waals surface area contributed by atoms with Gasteiger partial charge in [-0.2, -0.15) is 0 Å². The van der Waals surface area contributed by atoms with Crippen LogP contribution in [0.3, 0.4) is 0 Å². The van der Waals surface area contributed by atoms with Gasteiger partial charge in [-0.1, -0.05) is 15.9 Å². The quantitative estimate of drug-likeness (QED) is 0.609. The minimum absolute atomic E-state index is 0.310. The molecule has 1 aromatic heterocycles. The van der Waals surface area contributed by atoms with E-state index in [1.807, 2.05) is 0 Å². The highest BCUT2D eigenvalue weighted by molar-refractivity contribution is 9.10. The molecule has 0 amide bonds. The van der Waals surface area contributed by atoms with Crippen molar-refractivity contribution in [2.45, 2.75) is 6.92 Å². The molecule has 0 fully saturated rings. The van der Waals surface area contributed by atoms with Gasteiger partial charge in [-0.25, -0.2) is 9.78 Å². The number of halogens is 1. The molecule has 0 spiro atoms. The SMILES string of the molecule is CCOC(=O)c1ccc(Oc2ccc(Br)c(C=O)c2)nc1. The minimum Gasteiger partial charge on any atom is -0.462 e. The third kappa shape index (κ3) is 3.88. The number of benzene rings is 1. The van der Waals surface area contributed by atoms with Crippen molar-refractivity contribution in [3.63, 3.8) is 0 Å². The number of aldehydes is 1. The van der Waals surface area contributed by atoms with Crippen LogP contribution < -0.4 is 4.74 Å². The number of carbonyl (C=O) groups excluding carboxylic acids is 2. The largest absolute Gasteiger partial charge is 0.462 e. The molecule has 1 aromatic carbocycles. The molecular weight excluding hydrogens is 338 g/mol. The summed E-state index contributed by atoms with van der Waals surface area (Å²) in [5.74, 6) is 0.377. The van der Waals surface area contributed by atoms with Gasteiger partial charge < -0.3 is 9.47 Å². The van der Waals surface area contributed by atoms with Crippen LogP contribution >= 0.6 is 15.9 Å². The van der Waals surface area contributed by atoms with Gasteiger partial charge in [0.2, 0.25) is 5.88 Å². The zero-order valence-corrected chi connectivity index (χ0v) is 12.8. The lowest BCUT2D eigenvalue weighted by Crippen LogP contribution is -2.04. The van der Waals surface area contributed by atoms with E-state index in [1.54, 1.807) is 37.3 Å². The molecule has 2 rings (SSSR count). The zero-order chi connectivity index (χ0) is 15.2. The molecule has 2 aromatic rings. The summed E-state index contributed by atoms with van der Waals surface area (Å²) in [4.78, 5) is 26.4. The molecule has 0 aliphatic carbocycles. The van der Waals surface area contributed by atoms with Crippen molar-refractivity contribution in [1.82, 2.24) is 4.98 Å². The lowest BCUT2D eigenvalue weighted by atomic mass is 10.2. The molecule has 0 aliphatic rings. The minimum atomic E-state index is -0.427. The van der Waals surface area contributed by atoms with E-state index in [9.17, 15) is 9.59 Å². The molecule has 0 radical (unpaired) electrons. The van der Waals surface area contributed by atoms with Gasteiger partial charge in [0.15, 0.2) is 6.29 Å². The molecule has 0 unspecified atom stereocenters. The Morgan fingerprint density at radius 2 is 2.14 bits per heavy atom. The monoisotopic (exact) mass is 349 g/mol. The number of ether oxygens (including phenoxy) is 2. The second-order valence-corrected chi connectivity index (χ2v) is 4.86. The van der Waals surface area contributed by atoms with E-state index in [2.05, 4.69) is 20.9 Å². The number of carbonyl (C=O) groups is 2. The van der Waals surface area contributed by atoms with Gasteiger partial charge in [-0.15, -0.1) is 0 Å². The Balaban J connectivity index is 2.13. The van der Waals surface area contributed by atoms with Gasteiger partial charge in [-0.3, -0.25) is 4.79 Å². The van der Waals surface area contributed by atoms with Crippen LogP contribution in [0.4, 0.5) is 0 Å². The number of esters is 1. The van der Waals surface area contributed by atoms with Crippen LogP contribution in [0.2, 0.25) is 0 Å². The Morgan fingerprint density at radius 3 is 2.76 bits per heavy atom. The van der Waals surface area contributed by atoms with Crippen LogP contribution in [-0.2, 0) is 4.74 Å². The lowest BCUT2D eigenvalue weighted by Gasteiger charge is -2.07. The van der Waals surface area contributed by atoms with E-state index in [0.29, 0.717) is 33.8 Å². The summed E-state index contributed by atoms with van der Waals surface area (Å²) in [6, 6.07) is 8.15. The summed E-state index contributed by atoms with van der Waals surface area (Å²) in [6.07, 6.45) is 2.11. The maximum Gasteiger partial charge on any atom is 0.339 e. The van der Waals surface area contributed by atoms with Crippen molar-refractivity contribution in [3.8, 4) is 11.6 Å². The van der Waals surface area contributed by atoms with Crippen LogP contribution in [0.5, 0.6) is 11.6 Å². The highest BCUT2D eigenvalue weighted by Crippen LogP contribution is 2.24. The number of nitrogens with zero attached hydrogens (tertiary/aromatic N) is 1. The highest BCUT2D eigenvalue weighted by atomic mass is 79.9. The first kappa shape index (κ1) is 15.2. The molecule has 5 nitrogen and oxygen atoms in total. The molecule has 0 N–H and O–H groups in total. The lowest BCUT2D eigenvalue weighted by molar-refractivity contribution is 0.0525. The molecule has 0 saturated heterocycles.